The lowest BCUT2D eigenvalue weighted by atomic mass is 9.94. The molecule has 0 fully saturated rings. The topological polar surface area (TPSA) is 82.4 Å². The average Bonchev–Trinajstić information content (AvgIpc) is 3.18. The Hall–Kier alpha value is -3.11. The largest absolute Gasteiger partial charge is 0.463 e. The van der Waals surface area contributed by atoms with Gasteiger partial charge in [0, 0.05) is 10.6 Å². The van der Waals surface area contributed by atoms with Gasteiger partial charge in [0.2, 0.25) is 0 Å². The molecule has 3 rings (SSSR count). The maximum absolute atomic E-state index is 12.8. The van der Waals surface area contributed by atoms with Crippen LogP contribution in [0.4, 0.5) is 4.79 Å². The first-order valence-electron chi connectivity index (χ1n) is 8.53. The molecule has 27 heavy (non-hydrogen) atoms. The standard InChI is InChI=1S/C20H19N3O3S/c1-3-26-19(24)17-13(2)23(12-16-8-5-9-27-16)20(25)22-18(17)15-7-4-6-14(10-15)11-21/h4-10,18H,3,12H2,1-2H3,(H,22,25). The molecule has 1 unspecified atom stereocenters. The summed E-state index contributed by atoms with van der Waals surface area (Å²) in [4.78, 5) is 28.0. The summed E-state index contributed by atoms with van der Waals surface area (Å²) >= 11 is 1.55. The number of benzene rings is 1. The number of allylic oxidation sites excluding steroid dienone is 1. The maximum atomic E-state index is 12.8. The minimum absolute atomic E-state index is 0.236. The first-order chi connectivity index (χ1) is 13.0. The number of hydrogen-bond acceptors (Lipinski definition) is 5. The number of urea groups is 1. The van der Waals surface area contributed by atoms with Crippen molar-refractivity contribution in [1.29, 1.82) is 5.26 Å². The zero-order chi connectivity index (χ0) is 19.4. The summed E-state index contributed by atoms with van der Waals surface area (Å²) < 4.78 is 5.24. The number of thiophene rings is 1. The van der Waals surface area contributed by atoms with Gasteiger partial charge in [0.05, 0.1) is 36.4 Å². The molecule has 2 aromatic rings. The molecule has 0 spiro atoms. The number of rotatable bonds is 5. The molecule has 1 aromatic carbocycles. The van der Waals surface area contributed by atoms with Gasteiger partial charge in [-0.3, -0.25) is 4.90 Å². The van der Waals surface area contributed by atoms with Crippen LogP contribution in [0.5, 0.6) is 0 Å². The Morgan fingerprint density at radius 1 is 1.37 bits per heavy atom. The number of nitrogens with zero attached hydrogens (tertiary/aromatic N) is 2. The van der Waals surface area contributed by atoms with Crippen molar-refractivity contribution < 1.29 is 14.3 Å². The highest BCUT2D eigenvalue weighted by atomic mass is 32.1. The summed E-state index contributed by atoms with van der Waals surface area (Å²) in [7, 11) is 0. The summed E-state index contributed by atoms with van der Waals surface area (Å²) in [6, 6.07) is 11.9. The molecule has 1 N–H and O–H groups in total. The number of esters is 1. The van der Waals surface area contributed by atoms with Gasteiger partial charge < -0.3 is 10.1 Å². The second-order valence-electron chi connectivity index (χ2n) is 6.00. The molecule has 0 aliphatic carbocycles. The molecule has 0 radical (unpaired) electrons. The Bertz CT molecular complexity index is 928. The predicted molar refractivity (Wildman–Crippen MR) is 102 cm³/mol. The van der Waals surface area contributed by atoms with Crippen LogP contribution in [0.25, 0.3) is 0 Å². The second-order valence-corrected chi connectivity index (χ2v) is 7.04. The number of carbonyl (C=O) groups is 2. The van der Waals surface area contributed by atoms with E-state index in [1.54, 1.807) is 54.3 Å². The van der Waals surface area contributed by atoms with Crippen LogP contribution in [0.15, 0.2) is 53.0 Å². The zero-order valence-electron chi connectivity index (χ0n) is 15.1. The molecule has 2 amide bonds. The van der Waals surface area contributed by atoms with E-state index in [1.807, 2.05) is 17.5 Å². The molecule has 138 valence electrons. The van der Waals surface area contributed by atoms with Crippen molar-refractivity contribution in [2.75, 3.05) is 6.61 Å². The van der Waals surface area contributed by atoms with Crippen LogP contribution in [0.2, 0.25) is 0 Å². The fraction of sp³-hybridized carbons (Fsp3) is 0.250. The van der Waals surface area contributed by atoms with E-state index in [9.17, 15) is 9.59 Å². The lowest BCUT2D eigenvalue weighted by molar-refractivity contribution is -0.139. The molecule has 7 heteroatoms. The van der Waals surface area contributed by atoms with Crippen LogP contribution in [0.3, 0.4) is 0 Å². The number of nitriles is 1. The quantitative estimate of drug-likeness (QED) is 0.800. The van der Waals surface area contributed by atoms with Gasteiger partial charge in [-0.1, -0.05) is 18.2 Å². The van der Waals surface area contributed by atoms with Crippen LogP contribution >= 0.6 is 11.3 Å². The molecule has 1 atom stereocenters. The smallest absolute Gasteiger partial charge is 0.338 e. The second kappa shape index (κ2) is 8.06. The van der Waals surface area contributed by atoms with Crippen LogP contribution in [0.1, 0.15) is 35.9 Å². The van der Waals surface area contributed by atoms with E-state index in [2.05, 4.69) is 11.4 Å². The first kappa shape index (κ1) is 18.7. The Morgan fingerprint density at radius 3 is 2.85 bits per heavy atom. The SMILES string of the molecule is CCOC(=O)C1=C(C)N(Cc2cccs2)C(=O)NC1c1cccc(C#N)c1. The summed E-state index contributed by atoms with van der Waals surface area (Å²) in [6.45, 7) is 4.10. The van der Waals surface area contributed by atoms with Gasteiger partial charge in [-0.2, -0.15) is 5.26 Å². The van der Waals surface area contributed by atoms with E-state index < -0.39 is 12.0 Å². The van der Waals surface area contributed by atoms with Crippen molar-refractivity contribution in [1.82, 2.24) is 10.2 Å². The summed E-state index contributed by atoms with van der Waals surface area (Å²) in [5, 5.41) is 14.0. The predicted octanol–water partition coefficient (Wildman–Crippen LogP) is 3.72. The third-order valence-electron chi connectivity index (χ3n) is 4.33. The van der Waals surface area contributed by atoms with Gasteiger partial charge in [0.15, 0.2) is 0 Å². The molecule has 0 saturated carbocycles. The van der Waals surface area contributed by atoms with E-state index in [4.69, 9.17) is 10.00 Å². The Labute approximate surface area is 161 Å². The highest BCUT2D eigenvalue weighted by molar-refractivity contribution is 7.09. The van der Waals surface area contributed by atoms with Crippen molar-refractivity contribution in [3.05, 3.63) is 69.1 Å². The van der Waals surface area contributed by atoms with Crippen molar-refractivity contribution >= 4 is 23.3 Å². The number of hydrogen-bond donors (Lipinski definition) is 1. The summed E-state index contributed by atoms with van der Waals surface area (Å²) in [6.07, 6.45) is 0. The van der Waals surface area contributed by atoms with Gasteiger partial charge in [-0.05, 0) is 43.0 Å². The molecular weight excluding hydrogens is 362 g/mol. The minimum Gasteiger partial charge on any atom is -0.463 e. The van der Waals surface area contributed by atoms with Gasteiger partial charge in [-0.25, -0.2) is 9.59 Å². The number of ether oxygens (including phenoxy) is 1. The molecule has 2 heterocycles. The van der Waals surface area contributed by atoms with Crippen LogP contribution in [-0.2, 0) is 16.1 Å². The zero-order valence-corrected chi connectivity index (χ0v) is 15.9. The van der Waals surface area contributed by atoms with Crippen LogP contribution in [-0.4, -0.2) is 23.5 Å². The molecule has 1 aromatic heterocycles. The van der Waals surface area contributed by atoms with Crippen LogP contribution in [0, 0.1) is 11.3 Å². The minimum atomic E-state index is -0.663. The van der Waals surface area contributed by atoms with Crippen molar-refractivity contribution in [3.63, 3.8) is 0 Å². The van der Waals surface area contributed by atoms with E-state index in [0.29, 0.717) is 28.9 Å². The van der Waals surface area contributed by atoms with Gasteiger partial charge >= 0.3 is 12.0 Å². The summed E-state index contributed by atoms with van der Waals surface area (Å²) in [5.74, 6) is -0.474. The fourth-order valence-corrected chi connectivity index (χ4v) is 3.73. The van der Waals surface area contributed by atoms with Crippen molar-refractivity contribution in [3.8, 4) is 6.07 Å². The monoisotopic (exact) mass is 381 g/mol. The van der Waals surface area contributed by atoms with Crippen LogP contribution < -0.4 is 5.32 Å². The molecule has 1 aliphatic heterocycles. The van der Waals surface area contributed by atoms with Gasteiger partial charge in [0.25, 0.3) is 0 Å². The molecule has 6 nitrogen and oxygen atoms in total. The van der Waals surface area contributed by atoms with Gasteiger partial charge in [-0.15, -0.1) is 11.3 Å². The molecule has 0 bridgehead atoms. The maximum Gasteiger partial charge on any atom is 0.338 e. The van der Waals surface area contributed by atoms with E-state index in [1.165, 1.54) is 0 Å². The Balaban J connectivity index is 2.05. The fourth-order valence-electron chi connectivity index (χ4n) is 3.04. The summed E-state index contributed by atoms with van der Waals surface area (Å²) in [5.41, 5.74) is 2.06. The third kappa shape index (κ3) is 3.86. The van der Waals surface area contributed by atoms with E-state index in [-0.39, 0.29) is 12.6 Å². The molecular formula is C20H19N3O3S. The number of nitrogens with one attached hydrogen (secondary N) is 1. The highest BCUT2D eigenvalue weighted by Crippen LogP contribution is 2.32. The average molecular weight is 381 g/mol. The lowest BCUT2D eigenvalue weighted by Gasteiger charge is -2.35. The number of carbonyl (C=O) groups excluding carboxylic acids is 2. The van der Waals surface area contributed by atoms with Crippen molar-refractivity contribution in [2.45, 2.75) is 26.4 Å². The first-order valence-corrected chi connectivity index (χ1v) is 9.41. The highest BCUT2D eigenvalue weighted by Gasteiger charge is 2.36. The van der Waals surface area contributed by atoms with E-state index >= 15 is 0 Å². The number of amides is 2. The lowest BCUT2D eigenvalue weighted by Crippen LogP contribution is -2.47. The normalized spacial score (nSPS) is 16.7. The third-order valence-corrected chi connectivity index (χ3v) is 5.20. The molecule has 0 saturated heterocycles. The van der Waals surface area contributed by atoms with E-state index in [0.717, 1.165) is 4.88 Å². The Kier molecular flexibility index (Phi) is 5.57. The Morgan fingerprint density at radius 2 is 2.19 bits per heavy atom. The molecule has 1 aliphatic rings. The van der Waals surface area contributed by atoms with Crippen molar-refractivity contribution in [2.24, 2.45) is 0 Å². The van der Waals surface area contributed by atoms with Gasteiger partial charge in [0.1, 0.15) is 0 Å².